The lowest BCUT2D eigenvalue weighted by Gasteiger charge is -2.23. The zero-order chi connectivity index (χ0) is 30.7. The molecule has 0 aliphatic carbocycles. The first kappa shape index (κ1) is 32.1. The van der Waals surface area contributed by atoms with Gasteiger partial charge in [0, 0.05) is 28.8 Å². The third kappa shape index (κ3) is 10.2. The van der Waals surface area contributed by atoms with Gasteiger partial charge in [0.25, 0.3) is 0 Å². The fourth-order valence-electron chi connectivity index (χ4n) is 3.96. The molecule has 1 aliphatic heterocycles. The quantitative estimate of drug-likeness (QED) is 0.158. The lowest BCUT2D eigenvalue weighted by molar-refractivity contribution is -0.340. The van der Waals surface area contributed by atoms with E-state index in [0.29, 0.717) is 10.4 Å². The summed E-state index contributed by atoms with van der Waals surface area (Å²) in [6.45, 7) is 1.25. The number of halogens is 3. The van der Waals surface area contributed by atoms with Crippen LogP contribution in [-0.2, 0) is 25.7 Å². The molecule has 0 saturated carbocycles. The van der Waals surface area contributed by atoms with E-state index in [2.05, 4.69) is 22.3 Å². The van der Waals surface area contributed by atoms with Crippen molar-refractivity contribution in [2.24, 2.45) is 5.73 Å². The Labute approximate surface area is 244 Å². The van der Waals surface area contributed by atoms with Crippen LogP contribution in [0.15, 0.2) is 66.0 Å². The van der Waals surface area contributed by atoms with Crippen molar-refractivity contribution < 1.29 is 37.0 Å². The minimum Gasteiger partial charge on any atom is -0.457 e. The highest BCUT2D eigenvalue weighted by molar-refractivity contribution is 7.10. The molecule has 1 fully saturated rings. The number of carbonyl (C=O) groups excluding carboxylic acids is 3. The molecule has 224 valence electrons. The molecule has 10 nitrogen and oxygen atoms in total. The predicted octanol–water partition coefficient (Wildman–Crippen LogP) is 3.69. The number of aryl methyl sites for hydroxylation is 1. The van der Waals surface area contributed by atoms with Crippen molar-refractivity contribution in [2.45, 2.75) is 38.4 Å². The van der Waals surface area contributed by atoms with E-state index in [9.17, 15) is 27.6 Å². The Morgan fingerprint density at radius 3 is 2.40 bits per heavy atom. The number of nitrogens with two attached hydrogens (primary N) is 1. The Balaban J connectivity index is 0.000000287. The molecule has 5 N–H and O–H groups in total. The van der Waals surface area contributed by atoms with Crippen molar-refractivity contribution in [3.05, 3.63) is 82.0 Å². The first-order valence-corrected chi connectivity index (χ1v) is 13.5. The van der Waals surface area contributed by atoms with Gasteiger partial charge in [-0.3, -0.25) is 24.5 Å². The number of nitrogen functional groups attached to an aromatic ring is 1. The van der Waals surface area contributed by atoms with E-state index in [1.807, 2.05) is 54.6 Å². The van der Waals surface area contributed by atoms with Gasteiger partial charge in [-0.05, 0) is 37.3 Å². The van der Waals surface area contributed by atoms with E-state index in [1.165, 1.54) is 16.9 Å². The van der Waals surface area contributed by atoms with E-state index >= 15 is 0 Å². The number of ether oxygens (including phenoxy) is 2. The van der Waals surface area contributed by atoms with Crippen molar-refractivity contribution in [1.82, 2.24) is 15.5 Å². The highest BCUT2D eigenvalue weighted by Gasteiger charge is 2.44. The standard InChI is InChI=1S/C15H18F3N5O4S.C13H12O/c16-15(17,18)27-9-2-11(23(5-9)12(25)4-21-7-24)14(26)22-3-10-1-8(6-28-10)13(19)20;1-11-7-9-13(10-8-11)14-12-5-3-2-4-6-12/h1,6-7,9,11H,2-5H2,(H3,19,20)(H,21,24)(H,22,26);2-10H,1H3. The lowest BCUT2D eigenvalue weighted by atomic mass is 10.2. The molecule has 42 heavy (non-hydrogen) atoms. The lowest BCUT2D eigenvalue weighted by Crippen LogP contribution is -2.48. The number of hydrogen-bond donors (Lipinski definition) is 4. The maximum Gasteiger partial charge on any atom is 0.522 e. The summed E-state index contributed by atoms with van der Waals surface area (Å²) in [6.07, 6.45) is -6.34. The van der Waals surface area contributed by atoms with Crippen LogP contribution in [-0.4, -0.2) is 60.6 Å². The van der Waals surface area contributed by atoms with Crippen LogP contribution in [0.5, 0.6) is 11.5 Å². The maximum atomic E-state index is 12.5. The number of para-hydroxylation sites is 1. The highest BCUT2D eigenvalue weighted by atomic mass is 32.1. The average molecular weight is 606 g/mol. The molecule has 2 unspecified atom stereocenters. The molecule has 0 bridgehead atoms. The minimum atomic E-state index is -4.90. The van der Waals surface area contributed by atoms with E-state index in [-0.39, 0.29) is 25.2 Å². The van der Waals surface area contributed by atoms with Crippen LogP contribution in [0.4, 0.5) is 13.2 Å². The van der Waals surface area contributed by atoms with Crippen LogP contribution < -0.4 is 21.1 Å². The fraction of sp³-hybridized carbons (Fsp3) is 0.286. The number of alkyl halides is 3. The smallest absolute Gasteiger partial charge is 0.457 e. The second kappa shape index (κ2) is 15.0. The first-order chi connectivity index (χ1) is 19.9. The number of amides is 3. The second-order valence-corrected chi connectivity index (χ2v) is 10.1. The fourth-order valence-corrected chi connectivity index (χ4v) is 4.79. The van der Waals surface area contributed by atoms with Crippen LogP contribution in [0.1, 0.15) is 22.4 Å². The average Bonchev–Trinajstić information content (AvgIpc) is 3.59. The van der Waals surface area contributed by atoms with Crippen molar-refractivity contribution >= 4 is 35.4 Å². The summed E-state index contributed by atoms with van der Waals surface area (Å²) in [5.74, 6) is 0.274. The molecule has 0 spiro atoms. The third-order valence-corrected chi connectivity index (χ3v) is 6.86. The van der Waals surface area contributed by atoms with Crippen LogP contribution >= 0.6 is 11.3 Å². The van der Waals surface area contributed by atoms with E-state index in [1.54, 1.807) is 11.4 Å². The summed E-state index contributed by atoms with van der Waals surface area (Å²) in [4.78, 5) is 36.6. The number of nitrogens with zero attached hydrogens (tertiary/aromatic N) is 1. The SMILES string of the molecule is Cc1ccc(Oc2ccccc2)cc1.N=C(N)c1csc(CNC(=O)C2CC(OC(F)(F)F)CN2C(=O)CNC=O)c1. The van der Waals surface area contributed by atoms with Crippen molar-refractivity contribution in [3.63, 3.8) is 0 Å². The van der Waals surface area contributed by atoms with Crippen LogP contribution in [0.25, 0.3) is 0 Å². The molecule has 1 aromatic heterocycles. The molecule has 2 aromatic carbocycles. The summed E-state index contributed by atoms with van der Waals surface area (Å²) in [6, 6.07) is 18.3. The molecular formula is C28H30F3N5O5S. The van der Waals surface area contributed by atoms with E-state index in [0.717, 1.165) is 16.4 Å². The van der Waals surface area contributed by atoms with Gasteiger partial charge < -0.3 is 26.0 Å². The number of hydrogen-bond acceptors (Lipinski definition) is 7. The van der Waals surface area contributed by atoms with Gasteiger partial charge in [-0.25, -0.2) is 0 Å². The Kier molecular flexibility index (Phi) is 11.4. The summed E-state index contributed by atoms with van der Waals surface area (Å²) < 4.78 is 47.1. The predicted molar refractivity (Wildman–Crippen MR) is 150 cm³/mol. The molecule has 4 rings (SSSR count). The number of benzene rings is 2. The van der Waals surface area contributed by atoms with Gasteiger partial charge in [0.05, 0.1) is 19.2 Å². The van der Waals surface area contributed by atoms with Gasteiger partial charge in [0.15, 0.2) is 0 Å². The van der Waals surface area contributed by atoms with Crippen LogP contribution in [0, 0.1) is 12.3 Å². The number of carbonyl (C=O) groups is 3. The van der Waals surface area contributed by atoms with Crippen LogP contribution in [0.2, 0.25) is 0 Å². The number of nitrogens with one attached hydrogen (secondary N) is 3. The number of rotatable bonds is 10. The van der Waals surface area contributed by atoms with Gasteiger partial charge >= 0.3 is 6.36 Å². The molecule has 3 amide bonds. The number of thiophene rings is 1. The van der Waals surface area contributed by atoms with E-state index in [4.69, 9.17) is 15.9 Å². The zero-order valence-electron chi connectivity index (χ0n) is 22.5. The maximum absolute atomic E-state index is 12.5. The van der Waals surface area contributed by atoms with Crippen LogP contribution in [0.3, 0.4) is 0 Å². The number of likely N-dealkylation sites (tertiary alicyclic amines) is 1. The number of amidine groups is 1. The molecule has 3 aromatic rings. The van der Waals surface area contributed by atoms with Crippen molar-refractivity contribution in [1.29, 1.82) is 5.41 Å². The van der Waals surface area contributed by atoms with Gasteiger partial charge in [0.2, 0.25) is 18.2 Å². The largest absolute Gasteiger partial charge is 0.522 e. The van der Waals surface area contributed by atoms with Crippen molar-refractivity contribution in [3.8, 4) is 11.5 Å². The highest BCUT2D eigenvalue weighted by Crippen LogP contribution is 2.28. The second-order valence-electron chi connectivity index (χ2n) is 9.14. The summed E-state index contributed by atoms with van der Waals surface area (Å²) >= 11 is 1.25. The molecule has 1 saturated heterocycles. The molecule has 0 radical (unpaired) electrons. The summed E-state index contributed by atoms with van der Waals surface area (Å²) in [7, 11) is 0. The first-order valence-electron chi connectivity index (χ1n) is 12.6. The minimum absolute atomic E-state index is 0.0622. The van der Waals surface area contributed by atoms with Crippen molar-refractivity contribution in [2.75, 3.05) is 13.1 Å². The Morgan fingerprint density at radius 2 is 1.81 bits per heavy atom. The van der Waals surface area contributed by atoms with Gasteiger partial charge in [0.1, 0.15) is 23.4 Å². The Hall–Kier alpha value is -4.43. The Bertz CT molecular complexity index is 1350. The van der Waals surface area contributed by atoms with Gasteiger partial charge in [-0.15, -0.1) is 24.5 Å². The molecule has 2 atom stereocenters. The Morgan fingerprint density at radius 1 is 1.14 bits per heavy atom. The third-order valence-electron chi connectivity index (χ3n) is 5.92. The monoisotopic (exact) mass is 605 g/mol. The zero-order valence-corrected chi connectivity index (χ0v) is 23.3. The van der Waals surface area contributed by atoms with Gasteiger partial charge in [-0.1, -0.05) is 35.9 Å². The molecular weight excluding hydrogens is 575 g/mol. The molecule has 14 heteroatoms. The normalized spacial score (nSPS) is 16.1. The molecule has 1 aliphatic rings. The summed E-state index contributed by atoms with van der Waals surface area (Å²) in [5.41, 5.74) is 7.09. The summed E-state index contributed by atoms with van der Waals surface area (Å²) in [5, 5.41) is 13.7. The van der Waals surface area contributed by atoms with Gasteiger partial charge in [-0.2, -0.15) is 0 Å². The topological polar surface area (TPSA) is 147 Å². The molecule has 2 heterocycles. The van der Waals surface area contributed by atoms with E-state index < -0.39 is 43.4 Å².